The van der Waals surface area contributed by atoms with Crippen molar-refractivity contribution in [1.29, 1.82) is 0 Å². The average molecular weight is 482 g/mol. The molecule has 2 amide bonds. The van der Waals surface area contributed by atoms with Gasteiger partial charge in [-0.3, -0.25) is 9.59 Å². The summed E-state index contributed by atoms with van der Waals surface area (Å²) in [5, 5.41) is 3.07. The van der Waals surface area contributed by atoms with Gasteiger partial charge in [-0.25, -0.2) is 13.1 Å². The third-order valence-electron chi connectivity index (χ3n) is 6.29. The molecular formula is C23H35N3O6S. The van der Waals surface area contributed by atoms with E-state index in [1.165, 1.54) is 24.1 Å². The molecule has 1 aliphatic carbocycles. The SMILES string of the molecule is CC[C@@H](C(=O)NC1CCCC1)N(C[C@H]1CCCO1)C(=O)CNS(=O)(=O)c1ccc(OC)cc1. The highest BCUT2D eigenvalue weighted by Gasteiger charge is 2.33. The Hall–Kier alpha value is -2.17. The van der Waals surface area contributed by atoms with Gasteiger partial charge in [0.25, 0.3) is 0 Å². The summed E-state index contributed by atoms with van der Waals surface area (Å²) in [5.41, 5.74) is 0. The van der Waals surface area contributed by atoms with Gasteiger partial charge in [0, 0.05) is 19.2 Å². The predicted molar refractivity (Wildman–Crippen MR) is 123 cm³/mol. The van der Waals surface area contributed by atoms with Gasteiger partial charge >= 0.3 is 0 Å². The van der Waals surface area contributed by atoms with Gasteiger partial charge in [0.15, 0.2) is 0 Å². The number of sulfonamides is 1. The van der Waals surface area contributed by atoms with Gasteiger partial charge in [-0.05, 0) is 56.4 Å². The molecule has 0 aromatic heterocycles. The van der Waals surface area contributed by atoms with Crippen molar-refractivity contribution in [1.82, 2.24) is 14.9 Å². The molecule has 1 heterocycles. The van der Waals surface area contributed by atoms with Crippen LogP contribution in [-0.4, -0.2) is 70.1 Å². The second-order valence-electron chi connectivity index (χ2n) is 8.60. The summed E-state index contributed by atoms with van der Waals surface area (Å²) in [6.45, 7) is 2.31. The Kier molecular flexibility index (Phi) is 9.10. The first-order valence-corrected chi connectivity index (χ1v) is 13.2. The lowest BCUT2D eigenvalue weighted by Gasteiger charge is -2.33. The molecule has 33 heavy (non-hydrogen) atoms. The molecule has 10 heteroatoms. The van der Waals surface area contributed by atoms with Gasteiger partial charge in [0.05, 0.1) is 24.7 Å². The van der Waals surface area contributed by atoms with Crippen molar-refractivity contribution in [3.63, 3.8) is 0 Å². The zero-order chi connectivity index (χ0) is 23.8. The van der Waals surface area contributed by atoms with Crippen molar-refractivity contribution in [3.8, 4) is 5.75 Å². The molecule has 2 fully saturated rings. The van der Waals surface area contributed by atoms with Crippen molar-refractivity contribution in [2.45, 2.75) is 75.0 Å². The number of hydrogen-bond donors (Lipinski definition) is 2. The van der Waals surface area contributed by atoms with E-state index < -0.39 is 28.5 Å². The van der Waals surface area contributed by atoms with Gasteiger partial charge in [0.2, 0.25) is 21.8 Å². The largest absolute Gasteiger partial charge is 0.497 e. The number of carbonyl (C=O) groups excluding carboxylic acids is 2. The normalized spacial score (nSPS) is 19.9. The maximum absolute atomic E-state index is 13.2. The molecule has 0 radical (unpaired) electrons. The van der Waals surface area contributed by atoms with Crippen molar-refractivity contribution in [3.05, 3.63) is 24.3 Å². The summed E-state index contributed by atoms with van der Waals surface area (Å²) in [5.74, 6) is -0.100. The number of carbonyl (C=O) groups is 2. The van der Waals surface area contributed by atoms with Crippen molar-refractivity contribution < 1.29 is 27.5 Å². The minimum Gasteiger partial charge on any atom is -0.497 e. The Morgan fingerprint density at radius 3 is 2.42 bits per heavy atom. The van der Waals surface area contributed by atoms with E-state index >= 15 is 0 Å². The van der Waals surface area contributed by atoms with Crippen LogP contribution in [-0.2, 0) is 24.3 Å². The topological polar surface area (TPSA) is 114 Å². The van der Waals surface area contributed by atoms with Gasteiger partial charge in [-0.2, -0.15) is 0 Å². The lowest BCUT2D eigenvalue weighted by Crippen LogP contribution is -2.55. The first-order chi connectivity index (χ1) is 15.8. The highest BCUT2D eigenvalue weighted by molar-refractivity contribution is 7.89. The molecule has 1 aromatic carbocycles. The summed E-state index contributed by atoms with van der Waals surface area (Å²) in [6.07, 6.45) is 6.07. The Balaban J connectivity index is 1.69. The molecule has 2 N–H and O–H groups in total. The van der Waals surface area contributed by atoms with E-state index in [0.29, 0.717) is 18.8 Å². The third kappa shape index (κ3) is 6.91. The smallest absolute Gasteiger partial charge is 0.243 e. The van der Waals surface area contributed by atoms with Gasteiger partial charge in [0.1, 0.15) is 11.8 Å². The zero-order valence-electron chi connectivity index (χ0n) is 19.4. The van der Waals surface area contributed by atoms with Crippen LogP contribution in [0.3, 0.4) is 0 Å². The van der Waals surface area contributed by atoms with Crippen LogP contribution in [0.4, 0.5) is 0 Å². The maximum Gasteiger partial charge on any atom is 0.243 e. The molecule has 2 atom stereocenters. The molecule has 1 aromatic rings. The fourth-order valence-electron chi connectivity index (χ4n) is 4.42. The predicted octanol–water partition coefficient (Wildman–Crippen LogP) is 1.82. The van der Waals surface area contributed by atoms with Crippen molar-refractivity contribution in [2.24, 2.45) is 0 Å². The number of rotatable bonds is 11. The van der Waals surface area contributed by atoms with Crippen LogP contribution in [0, 0.1) is 0 Å². The number of ether oxygens (including phenoxy) is 2. The Morgan fingerprint density at radius 1 is 1.15 bits per heavy atom. The van der Waals surface area contributed by atoms with Crippen LogP contribution in [0.5, 0.6) is 5.75 Å². The lowest BCUT2D eigenvalue weighted by molar-refractivity contribution is -0.141. The molecule has 9 nitrogen and oxygen atoms in total. The molecule has 0 unspecified atom stereocenters. The number of hydrogen-bond acceptors (Lipinski definition) is 6. The standard InChI is InChI=1S/C23H35N3O6S/c1-3-21(23(28)25-17-7-4-5-8-17)26(16-19-9-6-14-32-19)22(27)15-24-33(29,30)20-12-10-18(31-2)11-13-20/h10-13,17,19,21,24H,3-9,14-16H2,1-2H3,(H,25,28)/t19-,21+/m1/s1. The molecule has 3 rings (SSSR count). The average Bonchev–Trinajstić information content (AvgIpc) is 3.52. The number of amides is 2. The van der Waals surface area contributed by atoms with Crippen LogP contribution in [0.2, 0.25) is 0 Å². The molecule has 184 valence electrons. The number of nitrogens with one attached hydrogen (secondary N) is 2. The summed E-state index contributed by atoms with van der Waals surface area (Å²) >= 11 is 0. The Morgan fingerprint density at radius 2 is 1.85 bits per heavy atom. The lowest BCUT2D eigenvalue weighted by atomic mass is 10.1. The van der Waals surface area contributed by atoms with E-state index in [9.17, 15) is 18.0 Å². The second-order valence-corrected chi connectivity index (χ2v) is 10.4. The van der Waals surface area contributed by atoms with E-state index in [2.05, 4.69) is 10.0 Å². The van der Waals surface area contributed by atoms with E-state index in [1.54, 1.807) is 12.1 Å². The number of nitrogens with zero attached hydrogens (tertiary/aromatic N) is 1. The van der Waals surface area contributed by atoms with Crippen LogP contribution in [0.1, 0.15) is 51.9 Å². The van der Waals surface area contributed by atoms with Crippen LogP contribution in [0.25, 0.3) is 0 Å². The van der Waals surface area contributed by atoms with E-state index in [0.717, 1.165) is 38.5 Å². The Labute approximate surface area is 196 Å². The zero-order valence-corrected chi connectivity index (χ0v) is 20.2. The third-order valence-corrected chi connectivity index (χ3v) is 7.71. The van der Waals surface area contributed by atoms with Crippen LogP contribution >= 0.6 is 0 Å². The quantitative estimate of drug-likeness (QED) is 0.498. The fraction of sp³-hybridized carbons (Fsp3) is 0.652. The first kappa shape index (κ1) is 25.5. The molecule has 1 aliphatic heterocycles. The van der Waals surface area contributed by atoms with E-state index in [-0.39, 0.29) is 29.5 Å². The minimum absolute atomic E-state index is 0.0350. The maximum atomic E-state index is 13.2. The highest BCUT2D eigenvalue weighted by atomic mass is 32.2. The highest BCUT2D eigenvalue weighted by Crippen LogP contribution is 2.20. The monoisotopic (exact) mass is 481 g/mol. The van der Waals surface area contributed by atoms with E-state index in [4.69, 9.17) is 9.47 Å². The fourth-order valence-corrected chi connectivity index (χ4v) is 5.40. The molecule has 0 spiro atoms. The summed E-state index contributed by atoms with van der Waals surface area (Å²) < 4.78 is 38.5. The second kappa shape index (κ2) is 11.8. The molecular weight excluding hydrogens is 446 g/mol. The number of benzene rings is 1. The van der Waals surface area contributed by atoms with Crippen LogP contribution < -0.4 is 14.8 Å². The van der Waals surface area contributed by atoms with Crippen molar-refractivity contribution >= 4 is 21.8 Å². The summed E-state index contributed by atoms with van der Waals surface area (Å²) in [7, 11) is -2.40. The number of methoxy groups -OCH3 is 1. The minimum atomic E-state index is -3.90. The van der Waals surface area contributed by atoms with Crippen molar-refractivity contribution in [2.75, 3.05) is 26.8 Å². The molecule has 1 saturated heterocycles. The summed E-state index contributed by atoms with van der Waals surface area (Å²) in [4.78, 5) is 27.7. The van der Waals surface area contributed by atoms with Gasteiger partial charge in [-0.15, -0.1) is 0 Å². The summed E-state index contributed by atoms with van der Waals surface area (Å²) in [6, 6.07) is 5.38. The molecule has 1 saturated carbocycles. The first-order valence-electron chi connectivity index (χ1n) is 11.7. The van der Waals surface area contributed by atoms with Gasteiger partial charge in [-0.1, -0.05) is 19.8 Å². The van der Waals surface area contributed by atoms with Crippen LogP contribution in [0.15, 0.2) is 29.2 Å². The Bertz CT molecular complexity index is 893. The molecule has 2 aliphatic rings. The van der Waals surface area contributed by atoms with Gasteiger partial charge < -0.3 is 19.7 Å². The molecule has 0 bridgehead atoms. The van der Waals surface area contributed by atoms with E-state index in [1.807, 2.05) is 6.92 Å².